The molecule has 0 bridgehead atoms. The first-order chi connectivity index (χ1) is 21.4. The quantitative estimate of drug-likeness (QED) is 0.179. The summed E-state index contributed by atoms with van der Waals surface area (Å²) in [6.45, 7) is 22.7. The van der Waals surface area contributed by atoms with Crippen LogP contribution in [0, 0.1) is 65.3 Å². The van der Waals surface area contributed by atoms with E-state index in [-0.39, 0.29) is 33.8 Å². The molecule has 0 atom stereocenters. The molecule has 6 nitrogen and oxygen atoms in total. The molecule has 4 aromatic carbocycles. The highest BCUT2D eigenvalue weighted by Crippen LogP contribution is 2.60. The van der Waals surface area contributed by atoms with Gasteiger partial charge < -0.3 is 0 Å². The van der Waals surface area contributed by atoms with E-state index in [0.717, 1.165) is 12.1 Å². The Morgan fingerprint density at radius 2 is 1.05 bits per heavy atom. The third kappa shape index (κ3) is 3.94. The lowest BCUT2D eigenvalue weighted by Gasteiger charge is -2.15. The van der Waals surface area contributed by atoms with Crippen LogP contribution in [0.15, 0.2) is 84.2 Å². The minimum atomic E-state index is -0.619. The van der Waals surface area contributed by atoms with E-state index >= 15 is 8.78 Å². The van der Waals surface area contributed by atoms with Crippen LogP contribution in [-0.2, 0) is 0 Å². The lowest BCUT2D eigenvalue weighted by Crippen LogP contribution is -1.97. The molecular weight excluding hydrogens is 554 g/mol. The third-order valence-electron chi connectivity index (χ3n) is 7.58. The molecule has 0 fully saturated rings. The molecule has 2 aliphatic carbocycles. The molecule has 0 N–H and O–H groups in total. The first kappa shape index (κ1) is 27.1. The van der Waals surface area contributed by atoms with Crippen LogP contribution >= 0.6 is 0 Å². The smallest absolute Gasteiger partial charge is 0.238 e. The van der Waals surface area contributed by atoms with Crippen molar-refractivity contribution in [3.8, 4) is 40.5 Å². The number of fused-ring (bicyclic) bond motifs is 4. The van der Waals surface area contributed by atoms with Gasteiger partial charge >= 0.3 is 0 Å². The zero-order chi connectivity index (χ0) is 31.1. The molecule has 0 spiro atoms. The second kappa shape index (κ2) is 10.4. The molecule has 0 aromatic heterocycles. The predicted molar refractivity (Wildman–Crippen MR) is 160 cm³/mol. The molecular formula is C36H12F2N6. The van der Waals surface area contributed by atoms with Gasteiger partial charge in [-0.15, -0.1) is 0 Å². The maximum absolute atomic E-state index is 15.1. The molecule has 2 aliphatic rings. The van der Waals surface area contributed by atoms with Crippen molar-refractivity contribution in [1.82, 2.24) is 0 Å². The van der Waals surface area contributed by atoms with Crippen molar-refractivity contribution in [3.05, 3.63) is 158 Å². The van der Waals surface area contributed by atoms with Crippen LogP contribution in [0.2, 0.25) is 0 Å². The maximum atomic E-state index is 15.1. The summed E-state index contributed by atoms with van der Waals surface area (Å²) in [5, 5.41) is 29.1. The molecule has 200 valence electrons. The number of benzene rings is 4. The van der Waals surface area contributed by atoms with Crippen molar-refractivity contribution in [2.75, 3.05) is 0 Å². The largest absolute Gasteiger partial charge is 0.270 e. The highest BCUT2D eigenvalue weighted by Gasteiger charge is 2.40. The summed E-state index contributed by atoms with van der Waals surface area (Å²) in [4.78, 5) is 10.2. The molecule has 44 heavy (non-hydrogen) atoms. The molecule has 0 saturated carbocycles. The Morgan fingerprint density at radius 3 is 1.45 bits per heavy atom. The van der Waals surface area contributed by atoms with Gasteiger partial charge in [0.2, 0.25) is 0 Å². The van der Waals surface area contributed by atoms with Gasteiger partial charge in [-0.1, -0.05) is 42.5 Å². The Morgan fingerprint density at radius 1 is 0.568 bits per heavy atom. The minimum Gasteiger partial charge on any atom is -0.238 e. The van der Waals surface area contributed by atoms with Crippen LogP contribution in [0.1, 0.15) is 27.8 Å². The topological polar surface area (TPSA) is 84.4 Å². The van der Waals surface area contributed by atoms with Gasteiger partial charge in [-0.05, 0) is 74.9 Å². The molecule has 4 aromatic rings. The first-order valence-electron chi connectivity index (χ1n) is 12.8. The van der Waals surface area contributed by atoms with E-state index in [1.165, 1.54) is 24.3 Å². The van der Waals surface area contributed by atoms with E-state index < -0.39 is 11.6 Å². The molecule has 0 unspecified atom stereocenters. The lowest BCUT2D eigenvalue weighted by atomic mass is 9.88. The van der Waals surface area contributed by atoms with Crippen LogP contribution in [0.25, 0.3) is 59.1 Å². The summed E-state index contributed by atoms with van der Waals surface area (Å²) in [6.07, 6.45) is 0. The van der Waals surface area contributed by atoms with Crippen LogP contribution in [0.5, 0.6) is 0 Å². The van der Waals surface area contributed by atoms with Crippen LogP contribution < -0.4 is 0 Å². The van der Waals surface area contributed by atoms with Crippen molar-refractivity contribution in [2.45, 2.75) is 0 Å². The summed E-state index contributed by atoms with van der Waals surface area (Å²) < 4.78 is 30.2. The highest BCUT2D eigenvalue weighted by atomic mass is 19.1. The van der Waals surface area contributed by atoms with Gasteiger partial charge in [0.1, 0.15) is 11.6 Å². The first-order valence-corrected chi connectivity index (χ1v) is 12.8. The van der Waals surface area contributed by atoms with Crippen LogP contribution in [-0.4, -0.2) is 0 Å². The van der Waals surface area contributed by atoms with Crippen molar-refractivity contribution in [1.29, 1.82) is 15.8 Å². The fourth-order valence-corrected chi connectivity index (χ4v) is 5.72. The Labute approximate surface area is 250 Å². The third-order valence-corrected chi connectivity index (χ3v) is 7.58. The molecule has 0 radical (unpaired) electrons. The van der Waals surface area contributed by atoms with Crippen molar-refractivity contribution < 1.29 is 8.78 Å². The number of hydrogen-bond donors (Lipinski definition) is 0. The maximum Gasteiger partial charge on any atom is 0.270 e. The molecule has 0 saturated heterocycles. The van der Waals surface area contributed by atoms with E-state index in [1.807, 2.05) is 18.2 Å². The minimum absolute atomic E-state index is 0.139. The molecule has 6 rings (SSSR count). The Balaban J connectivity index is 1.69. The second-order valence-electron chi connectivity index (χ2n) is 9.75. The van der Waals surface area contributed by atoms with E-state index in [4.69, 9.17) is 25.0 Å². The van der Waals surface area contributed by atoms with Crippen molar-refractivity contribution in [2.24, 2.45) is 0 Å². The number of nitrogens with zero attached hydrogens (tertiary/aromatic N) is 6. The van der Waals surface area contributed by atoms with Gasteiger partial charge in [-0.3, -0.25) is 0 Å². The van der Waals surface area contributed by atoms with Gasteiger partial charge in [-0.2, -0.15) is 5.26 Å². The molecule has 8 heteroatoms. The predicted octanol–water partition coefficient (Wildman–Crippen LogP) is 8.97. The molecule has 0 heterocycles. The van der Waals surface area contributed by atoms with Gasteiger partial charge in [0.05, 0.1) is 43.5 Å². The van der Waals surface area contributed by atoms with Gasteiger partial charge in [0.25, 0.3) is 11.4 Å². The SMILES string of the molecule is [C-]#[N+]/C(C#N)=C1C2=C(/C(=C(\C#N)[N+]#[C-])c3ccc(-c4ccc([N+]#[C-])cc4F)cc32)c2cc(-c3ccc(C#N)cc3F)ccc2\1. The van der Waals surface area contributed by atoms with E-state index in [2.05, 4.69) is 14.5 Å². The summed E-state index contributed by atoms with van der Waals surface area (Å²) in [5.41, 5.74) is 4.59. The molecule has 0 amide bonds. The Bertz CT molecular complexity index is 2170. The van der Waals surface area contributed by atoms with Crippen molar-refractivity contribution in [3.63, 3.8) is 0 Å². The highest BCUT2D eigenvalue weighted by molar-refractivity contribution is 6.37. The summed E-state index contributed by atoms with van der Waals surface area (Å²) in [6, 6.07) is 24.0. The standard InChI is InChI=1S/C36H12F2N6/c1-42-22-7-11-24(30(38)15-22)21-6-10-26-28(14-21)36-33(31(17-40)43-2)25-9-5-20(23-8-4-19(16-39)12-29(23)37)13-27(25)35(36)34(26)32(18-41)44-3/h4-15H/b33-31-,34-32+. The second-order valence-corrected chi connectivity index (χ2v) is 9.75. The van der Waals surface area contributed by atoms with E-state index in [1.54, 1.807) is 36.4 Å². The Hall–Kier alpha value is -7.10. The van der Waals surface area contributed by atoms with E-state index in [0.29, 0.717) is 55.7 Å². The number of halogens is 2. The van der Waals surface area contributed by atoms with Crippen molar-refractivity contribution >= 4 is 28.0 Å². The van der Waals surface area contributed by atoms with Crippen LogP contribution in [0.4, 0.5) is 14.5 Å². The number of rotatable bonds is 2. The lowest BCUT2D eigenvalue weighted by molar-refractivity contribution is 0.630. The van der Waals surface area contributed by atoms with E-state index in [9.17, 15) is 10.5 Å². The Kier molecular flexibility index (Phi) is 6.39. The molecule has 0 aliphatic heterocycles. The fraction of sp³-hybridized carbons (Fsp3) is 0. The average Bonchev–Trinajstić information content (AvgIpc) is 3.54. The fourth-order valence-electron chi connectivity index (χ4n) is 5.72. The summed E-state index contributed by atoms with van der Waals surface area (Å²) in [7, 11) is 0. The number of allylic oxidation sites excluding steroid dienone is 6. The van der Waals surface area contributed by atoms with Gasteiger partial charge in [0, 0.05) is 22.3 Å². The average molecular weight is 567 g/mol. The number of nitriles is 3. The summed E-state index contributed by atoms with van der Waals surface area (Å²) >= 11 is 0. The zero-order valence-electron chi connectivity index (χ0n) is 22.4. The number of hydrogen-bond acceptors (Lipinski definition) is 3. The van der Waals surface area contributed by atoms with Gasteiger partial charge in [0.15, 0.2) is 5.69 Å². The monoisotopic (exact) mass is 566 g/mol. The normalized spacial score (nSPS) is 14.5. The summed E-state index contributed by atoms with van der Waals surface area (Å²) in [5.74, 6) is -1.23. The van der Waals surface area contributed by atoms with Gasteiger partial charge in [-0.25, -0.2) is 33.8 Å². The zero-order valence-corrected chi connectivity index (χ0v) is 22.4. The van der Waals surface area contributed by atoms with Crippen LogP contribution in [0.3, 0.4) is 0 Å².